The topological polar surface area (TPSA) is 81.4 Å². The van der Waals surface area contributed by atoms with E-state index < -0.39 is 23.1 Å². The maximum absolute atomic E-state index is 13.9. The fourth-order valence-electron chi connectivity index (χ4n) is 2.18. The Hall–Kier alpha value is -1.95. The zero-order valence-corrected chi connectivity index (χ0v) is 9.83. The Kier molecular flexibility index (Phi) is 3.04. The van der Waals surface area contributed by atoms with E-state index in [9.17, 15) is 14.0 Å². The number of esters is 1. The third kappa shape index (κ3) is 1.65. The van der Waals surface area contributed by atoms with Gasteiger partial charge < -0.3 is 10.5 Å². The van der Waals surface area contributed by atoms with E-state index in [2.05, 4.69) is 10.1 Å². The van der Waals surface area contributed by atoms with Crippen LogP contribution in [-0.4, -0.2) is 25.4 Å². The van der Waals surface area contributed by atoms with Gasteiger partial charge in [0.2, 0.25) is 5.54 Å². The first-order valence-corrected chi connectivity index (χ1v) is 5.44. The van der Waals surface area contributed by atoms with E-state index in [-0.39, 0.29) is 17.7 Å². The van der Waals surface area contributed by atoms with Gasteiger partial charge >= 0.3 is 5.97 Å². The molecule has 1 aromatic rings. The standard InChI is InChI=1S/C12H13FN2O3/c1-18-11(17)12(10(16)4-5-15-12)8-3-2-7(14)6-9(8)13/h2-3,6,15H,4-5,14H2,1H3. The van der Waals surface area contributed by atoms with Crippen molar-refractivity contribution in [2.75, 3.05) is 19.4 Å². The fraction of sp³-hybridized carbons (Fsp3) is 0.333. The first kappa shape index (κ1) is 12.5. The summed E-state index contributed by atoms with van der Waals surface area (Å²) in [5, 5.41) is 2.74. The van der Waals surface area contributed by atoms with Crippen molar-refractivity contribution in [3.63, 3.8) is 0 Å². The lowest BCUT2D eigenvalue weighted by atomic mass is 9.86. The molecule has 1 saturated heterocycles. The smallest absolute Gasteiger partial charge is 0.338 e. The highest BCUT2D eigenvalue weighted by atomic mass is 19.1. The van der Waals surface area contributed by atoms with E-state index >= 15 is 0 Å². The van der Waals surface area contributed by atoms with E-state index in [1.807, 2.05) is 0 Å². The number of nitrogens with one attached hydrogen (secondary N) is 1. The van der Waals surface area contributed by atoms with Gasteiger partial charge in [-0.1, -0.05) is 6.07 Å². The molecule has 5 nitrogen and oxygen atoms in total. The quantitative estimate of drug-likeness (QED) is 0.450. The molecule has 1 unspecified atom stereocenters. The van der Waals surface area contributed by atoms with Gasteiger partial charge in [-0.15, -0.1) is 0 Å². The van der Waals surface area contributed by atoms with Crippen LogP contribution in [0, 0.1) is 5.82 Å². The van der Waals surface area contributed by atoms with Gasteiger partial charge in [-0.05, 0) is 12.1 Å². The van der Waals surface area contributed by atoms with Crippen molar-refractivity contribution in [2.24, 2.45) is 0 Å². The van der Waals surface area contributed by atoms with Gasteiger partial charge in [-0.3, -0.25) is 10.1 Å². The van der Waals surface area contributed by atoms with Gasteiger partial charge in [0.1, 0.15) is 5.82 Å². The Bertz CT molecular complexity index is 518. The molecule has 18 heavy (non-hydrogen) atoms. The van der Waals surface area contributed by atoms with Crippen LogP contribution in [0.2, 0.25) is 0 Å². The van der Waals surface area contributed by atoms with E-state index in [4.69, 9.17) is 5.73 Å². The number of rotatable bonds is 2. The molecule has 1 aliphatic rings. The van der Waals surface area contributed by atoms with Gasteiger partial charge in [0.15, 0.2) is 5.78 Å². The molecule has 1 atom stereocenters. The lowest BCUT2D eigenvalue weighted by Crippen LogP contribution is -2.51. The predicted octanol–water partition coefficient (Wildman–Crippen LogP) is 0.339. The molecule has 2 rings (SSSR count). The summed E-state index contributed by atoms with van der Waals surface area (Å²) < 4.78 is 18.6. The van der Waals surface area contributed by atoms with Crippen molar-refractivity contribution in [1.82, 2.24) is 5.32 Å². The second-order valence-electron chi connectivity index (χ2n) is 4.08. The fourth-order valence-corrected chi connectivity index (χ4v) is 2.18. The molecule has 0 aromatic heterocycles. The molecule has 6 heteroatoms. The third-order valence-corrected chi connectivity index (χ3v) is 3.05. The lowest BCUT2D eigenvalue weighted by Gasteiger charge is -2.25. The van der Waals surface area contributed by atoms with Crippen LogP contribution in [0.4, 0.5) is 10.1 Å². The molecule has 0 spiro atoms. The van der Waals surface area contributed by atoms with E-state index in [0.29, 0.717) is 6.54 Å². The summed E-state index contributed by atoms with van der Waals surface area (Å²) in [7, 11) is 1.16. The minimum Gasteiger partial charge on any atom is -0.467 e. The number of anilines is 1. The number of benzene rings is 1. The average Bonchev–Trinajstić information content (AvgIpc) is 2.71. The van der Waals surface area contributed by atoms with Crippen LogP contribution < -0.4 is 11.1 Å². The van der Waals surface area contributed by atoms with Crippen molar-refractivity contribution in [3.05, 3.63) is 29.6 Å². The molecule has 1 fully saturated rings. The van der Waals surface area contributed by atoms with Crippen LogP contribution in [0.15, 0.2) is 18.2 Å². The molecule has 0 aliphatic carbocycles. The first-order chi connectivity index (χ1) is 8.52. The van der Waals surface area contributed by atoms with E-state index in [1.165, 1.54) is 12.1 Å². The molecule has 0 bridgehead atoms. The van der Waals surface area contributed by atoms with Crippen molar-refractivity contribution >= 4 is 17.4 Å². The van der Waals surface area contributed by atoms with Crippen LogP contribution in [0.3, 0.4) is 0 Å². The van der Waals surface area contributed by atoms with Crippen LogP contribution in [0.25, 0.3) is 0 Å². The Labute approximate surface area is 103 Å². The SMILES string of the molecule is COC(=O)C1(c2ccc(N)cc2F)NCCC1=O. The molecule has 0 saturated carbocycles. The Morgan fingerprint density at radius 2 is 2.28 bits per heavy atom. The largest absolute Gasteiger partial charge is 0.467 e. The van der Waals surface area contributed by atoms with Gasteiger partial charge in [-0.2, -0.15) is 0 Å². The number of nitrogens with two attached hydrogens (primary N) is 1. The van der Waals surface area contributed by atoms with Gasteiger partial charge in [-0.25, -0.2) is 9.18 Å². The van der Waals surface area contributed by atoms with Crippen molar-refractivity contribution in [1.29, 1.82) is 0 Å². The summed E-state index contributed by atoms with van der Waals surface area (Å²) in [5.41, 5.74) is 3.88. The first-order valence-electron chi connectivity index (χ1n) is 5.44. The summed E-state index contributed by atoms with van der Waals surface area (Å²) in [6, 6.07) is 3.85. The van der Waals surface area contributed by atoms with E-state index in [0.717, 1.165) is 13.2 Å². The van der Waals surface area contributed by atoms with Crippen LogP contribution in [-0.2, 0) is 19.9 Å². The molecule has 96 valence electrons. The summed E-state index contributed by atoms with van der Waals surface area (Å²) >= 11 is 0. The normalized spacial score (nSPS) is 23.1. The number of halogens is 1. The van der Waals surface area contributed by atoms with Gasteiger partial charge in [0.25, 0.3) is 0 Å². The van der Waals surface area contributed by atoms with Gasteiger partial charge in [0, 0.05) is 24.2 Å². The summed E-state index contributed by atoms with van der Waals surface area (Å²) in [5.74, 6) is -1.92. The Morgan fingerprint density at radius 1 is 1.56 bits per heavy atom. The molecule has 0 radical (unpaired) electrons. The zero-order valence-electron chi connectivity index (χ0n) is 9.83. The monoisotopic (exact) mass is 252 g/mol. The molecule has 1 aromatic carbocycles. The zero-order chi connectivity index (χ0) is 13.3. The number of Topliss-reactive ketones (excluding diaryl/α,β-unsaturated/α-hetero) is 1. The second-order valence-corrected chi connectivity index (χ2v) is 4.08. The number of ether oxygens (including phenoxy) is 1. The maximum Gasteiger partial charge on any atom is 0.338 e. The maximum atomic E-state index is 13.9. The van der Waals surface area contributed by atoms with Crippen molar-refractivity contribution in [3.8, 4) is 0 Å². The van der Waals surface area contributed by atoms with Crippen LogP contribution >= 0.6 is 0 Å². The van der Waals surface area contributed by atoms with E-state index in [1.54, 1.807) is 0 Å². The summed E-state index contributed by atoms with van der Waals surface area (Å²) in [6.07, 6.45) is 0.152. The number of nitrogen functional groups attached to an aromatic ring is 1. The van der Waals surface area contributed by atoms with Crippen molar-refractivity contribution in [2.45, 2.75) is 12.0 Å². The molecule has 3 N–H and O–H groups in total. The van der Waals surface area contributed by atoms with Crippen LogP contribution in [0.5, 0.6) is 0 Å². The van der Waals surface area contributed by atoms with Gasteiger partial charge in [0.05, 0.1) is 7.11 Å². The summed E-state index contributed by atoms with van der Waals surface area (Å²) in [4.78, 5) is 23.9. The number of hydrogen-bond acceptors (Lipinski definition) is 5. The molecule has 1 heterocycles. The molecule has 1 aliphatic heterocycles. The number of ketones is 1. The highest BCUT2D eigenvalue weighted by molar-refractivity contribution is 6.10. The Morgan fingerprint density at radius 3 is 2.78 bits per heavy atom. The minimum atomic E-state index is -1.74. The number of methoxy groups -OCH3 is 1. The van der Waals surface area contributed by atoms with Crippen LogP contribution in [0.1, 0.15) is 12.0 Å². The minimum absolute atomic E-state index is 0.0500. The third-order valence-electron chi connectivity index (χ3n) is 3.05. The summed E-state index contributed by atoms with van der Waals surface area (Å²) in [6.45, 7) is 0.303. The van der Waals surface area contributed by atoms with Crippen molar-refractivity contribution < 1.29 is 18.7 Å². The number of hydrogen-bond donors (Lipinski definition) is 2. The molecular weight excluding hydrogens is 239 g/mol. The second kappa shape index (κ2) is 4.38. The highest BCUT2D eigenvalue weighted by Gasteiger charge is 2.52. The predicted molar refractivity (Wildman–Crippen MR) is 62.1 cm³/mol. The lowest BCUT2D eigenvalue weighted by molar-refractivity contribution is -0.152. The average molecular weight is 252 g/mol. The highest BCUT2D eigenvalue weighted by Crippen LogP contribution is 2.32. The number of carbonyl (C=O) groups excluding carboxylic acids is 2. The number of carbonyl (C=O) groups is 2. The molecular formula is C12H13FN2O3. The Balaban J connectivity index is 2.60. The molecule has 0 amide bonds.